The van der Waals surface area contributed by atoms with E-state index in [1.807, 2.05) is 18.2 Å². The Bertz CT molecular complexity index is 448. The molecule has 4 nitrogen and oxygen atoms in total. The Morgan fingerprint density at radius 3 is 3.06 bits per heavy atom. The van der Waals surface area contributed by atoms with E-state index in [4.69, 9.17) is 9.47 Å². The summed E-state index contributed by atoms with van der Waals surface area (Å²) in [6, 6.07) is 6.23. The summed E-state index contributed by atoms with van der Waals surface area (Å²) in [6.07, 6.45) is 0. The van der Waals surface area contributed by atoms with Gasteiger partial charge in [-0.05, 0) is 19.1 Å². The van der Waals surface area contributed by atoms with Gasteiger partial charge in [0.25, 0.3) is 0 Å². The summed E-state index contributed by atoms with van der Waals surface area (Å²) in [5.41, 5.74) is 0.990. The second-order valence-electron chi connectivity index (χ2n) is 3.79. The summed E-state index contributed by atoms with van der Waals surface area (Å²) in [5, 5.41) is 4.26. The third kappa shape index (κ3) is 1.82. The number of ether oxygens (including phenoxy) is 2. The van der Waals surface area contributed by atoms with Gasteiger partial charge in [-0.1, -0.05) is 11.8 Å². The molecule has 5 heteroatoms. The summed E-state index contributed by atoms with van der Waals surface area (Å²) in [5.74, 6) is 2.65. The highest BCUT2D eigenvalue weighted by molar-refractivity contribution is 8.14. The molecule has 84 valence electrons. The fourth-order valence-electron chi connectivity index (χ4n) is 1.64. The molecule has 0 saturated heterocycles. The molecule has 0 fully saturated rings. The third-order valence-corrected chi connectivity index (χ3v) is 3.55. The molecular formula is C11H12N2O2S. The van der Waals surface area contributed by atoms with E-state index >= 15 is 0 Å². The standard InChI is InChI=1S/C11H12N2O2S/c1-7-5-16-11(12-7)13-8-2-3-9-10(4-8)15-6-14-9/h2-4,7H,5-6H2,1H3,(H,12,13). The van der Waals surface area contributed by atoms with Crippen molar-refractivity contribution in [2.24, 2.45) is 4.99 Å². The molecule has 1 aromatic carbocycles. The Morgan fingerprint density at radius 2 is 2.25 bits per heavy atom. The summed E-state index contributed by atoms with van der Waals surface area (Å²) in [7, 11) is 0. The van der Waals surface area contributed by atoms with Gasteiger partial charge in [0.1, 0.15) is 0 Å². The van der Waals surface area contributed by atoms with E-state index < -0.39 is 0 Å². The van der Waals surface area contributed by atoms with Gasteiger partial charge in [0.15, 0.2) is 16.7 Å². The van der Waals surface area contributed by atoms with Crippen molar-refractivity contribution in [3.63, 3.8) is 0 Å². The molecule has 16 heavy (non-hydrogen) atoms. The van der Waals surface area contributed by atoms with E-state index in [1.54, 1.807) is 11.8 Å². The molecule has 1 atom stereocenters. The van der Waals surface area contributed by atoms with Crippen molar-refractivity contribution in [1.29, 1.82) is 0 Å². The molecule has 0 bridgehead atoms. The Kier molecular flexibility index (Phi) is 2.40. The van der Waals surface area contributed by atoms with Crippen LogP contribution in [-0.2, 0) is 0 Å². The Labute approximate surface area is 98.0 Å². The maximum absolute atomic E-state index is 5.32. The van der Waals surface area contributed by atoms with Gasteiger partial charge in [0, 0.05) is 17.5 Å². The molecule has 0 aliphatic carbocycles. The monoisotopic (exact) mass is 236 g/mol. The lowest BCUT2D eigenvalue weighted by Gasteiger charge is -2.05. The SMILES string of the molecule is CC1CSC(Nc2ccc3c(c2)OCO3)=N1. The molecule has 2 aliphatic heterocycles. The fourth-order valence-corrected chi connectivity index (χ4v) is 2.56. The largest absolute Gasteiger partial charge is 0.454 e. The van der Waals surface area contributed by atoms with Crippen molar-refractivity contribution in [3.8, 4) is 11.5 Å². The van der Waals surface area contributed by atoms with Crippen molar-refractivity contribution in [2.45, 2.75) is 13.0 Å². The zero-order chi connectivity index (χ0) is 11.0. The zero-order valence-electron chi connectivity index (χ0n) is 8.90. The molecule has 3 rings (SSSR count). The van der Waals surface area contributed by atoms with Crippen LogP contribution in [-0.4, -0.2) is 23.8 Å². The van der Waals surface area contributed by atoms with Crippen molar-refractivity contribution in [3.05, 3.63) is 18.2 Å². The van der Waals surface area contributed by atoms with E-state index in [2.05, 4.69) is 17.2 Å². The third-order valence-electron chi connectivity index (χ3n) is 2.42. The van der Waals surface area contributed by atoms with Gasteiger partial charge in [0.2, 0.25) is 6.79 Å². The van der Waals surface area contributed by atoms with Crippen molar-refractivity contribution < 1.29 is 9.47 Å². The van der Waals surface area contributed by atoms with E-state index in [0.29, 0.717) is 12.8 Å². The van der Waals surface area contributed by atoms with Crippen LogP contribution in [0.1, 0.15) is 6.92 Å². The molecule has 2 heterocycles. The number of nitrogens with zero attached hydrogens (tertiary/aromatic N) is 1. The topological polar surface area (TPSA) is 42.8 Å². The molecule has 0 aromatic heterocycles. The van der Waals surface area contributed by atoms with Gasteiger partial charge in [0.05, 0.1) is 6.04 Å². The summed E-state index contributed by atoms with van der Waals surface area (Å²) < 4.78 is 10.6. The number of hydrogen-bond donors (Lipinski definition) is 1. The smallest absolute Gasteiger partial charge is 0.231 e. The van der Waals surface area contributed by atoms with Gasteiger partial charge in [-0.15, -0.1) is 0 Å². The minimum absolute atomic E-state index is 0.311. The van der Waals surface area contributed by atoms with Gasteiger partial charge in [-0.25, -0.2) is 0 Å². The Morgan fingerprint density at radius 1 is 1.38 bits per heavy atom. The van der Waals surface area contributed by atoms with Gasteiger partial charge >= 0.3 is 0 Å². The normalized spacial score (nSPS) is 22.1. The summed E-state index contributed by atoms with van der Waals surface area (Å²) >= 11 is 1.75. The quantitative estimate of drug-likeness (QED) is 0.812. The van der Waals surface area contributed by atoms with Gasteiger partial charge in [-0.3, -0.25) is 4.99 Å². The number of nitrogens with one attached hydrogen (secondary N) is 1. The summed E-state index contributed by atoms with van der Waals surface area (Å²) in [4.78, 5) is 4.47. The minimum Gasteiger partial charge on any atom is -0.454 e. The van der Waals surface area contributed by atoms with Crippen molar-refractivity contribution in [1.82, 2.24) is 0 Å². The predicted octanol–water partition coefficient (Wildman–Crippen LogP) is 2.32. The van der Waals surface area contributed by atoms with Crippen LogP contribution in [0.25, 0.3) is 0 Å². The van der Waals surface area contributed by atoms with Crippen LogP contribution in [0.2, 0.25) is 0 Å². The molecule has 0 amide bonds. The van der Waals surface area contributed by atoms with Crippen molar-refractivity contribution >= 4 is 22.6 Å². The molecule has 2 aliphatic rings. The first kappa shape index (κ1) is 9.84. The van der Waals surface area contributed by atoms with Crippen LogP contribution in [0.15, 0.2) is 23.2 Å². The fraction of sp³-hybridized carbons (Fsp3) is 0.364. The van der Waals surface area contributed by atoms with Gasteiger partial charge < -0.3 is 14.8 Å². The first-order valence-corrected chi connectivity index (χ1v) is 6.17. The Balaban J connectivity index is 1.78. The number of hydrogen-bond acceptors (Lipinski definition) is 5. The first-order valence-electron chi connectivity index (χ1n) is 5.18. The minimum atomic E-state index is 0.311. The molecule has 1 N–H and O–H groups in total. The number of amidine groups is 1. The summed E-state index contributed by atoms with van der Waals surface area (Å²) in [6.45, 7) is 2.42. The lowest BCUT2D eigenvalue weighted by Crippen LogP contribution is -2.04. The predicted molar refractivity (Wildman–Crippen MR) is 65.5 cm³/mol. The number of rotatable bonds is 1. The average molecular weight is 236 g/mol. The van der Waals surface area contributed by atoms with E-state index in [9.17, 15) is 0 Å². The molecular weight excluding hydrogens is 224 g/mol. The van der Waals surface area contributed by atoms with Crippen LogP contribution < -0.4 is 14.8 Å². The lowest BCUT2D eigenvalue weighted by molar-refractivity contribution is 0.174. The lowest BCUT2D eigenvalue weighted by atomic mass is 10.3. The number of aliphatic imine (C=N–C) groups is 1. The second-order valence-corrected chi connectivity index (χ2v) is 4.80. The molecule has 0 radical (unpaired) electrons. The van der Waals surface area contributed by atoms with E-state index in [1.165, 1.54) is 0 Å². The zero-order valence-corrected chi connectivity index (χ0v) is 9.71. The number of thioether (sulfide) groups is 1. The molecule has 0 spiro atoms. The highest BCUT2D eigenvalue weighted by atomic mass is 32.2. The molecule has 1 unspecified atom stereocenters. The maximum Gasteiger partial charge on any atom is 0.231 e. The number of benzene rings is 1. The number of anilines is 1. The van der Waals surface area contributed by atoms with Crippen molar-refractivity contribution in [2.75, 3.05) is 17.9 Å². The molecule has 0 saturated carbocycles. The van der Waals surface area contributed by atoms with Crippen LogP contribution in [0.4, 0.5) is 5.69 Å². The van der Waals surface area contributed by atoms with Crippen LogP contribution in [0.5, 0.6) is 11.5 Å². The average Bonchev–Trinajstić information content (AvgIpc) is 2.87. The maximum atomic E-state index is 5.32. The van der Waals surface area contributed by atoms with Crippen LogP contribution in [0.3, 0.4) is 0 Å². The highest BCUT2D eigenvalue weighted by Gasteiger charge is 2.16. The second kappa shape index (κ2) is 3.90. The van der Waals surface area contributed by atoms with Gasteiger partial charge in [-0.2, -0.15) is 0 Å². The molecule has 1 aromatic rings. The van der Waals surface area contributed by atoms with Crippen LogP contribution >= 0.6 is 11.8 Å². The Hall–Kier alpha value is -1.36. The highest BCUT2D eigenvalue weighted by Crippen LogP contribution is 2.34. The number of fused-ring (bicyclic) bond motifs is 1. The first-order chi connectivity index (χ1) is 7.81. The van der Waals surface area contributed by atoms with E-state index in [-0.39, 0.29) is 0 Å². The van der Waals surface area contributed by atoms with E-state index in [0.717, 1.165) is 28.1 Å². The van der Waals surface area contributed by atoms with Crippen LogP contribution in [0, 0.1) is 0 Å².